The molecule has 0 bridgehead atoms. The van der Waals surface area contributed by atoms with E-state index in [1.807, 2.05) is 13.8 Å². The summed E-state index contributed by atoms with van der Waals surface area (Å²) in [5, 5.41) is 4.00. The van der Waals surface area contributed by atoms with Gasteiger partial charge in [0.2, 0.25) is 12.4 Å². The number of nitrogen functional groups attached to an aromatic ring is 1. The molecule has 1 aliphatic rings. The van der Waals surface area contributed by atoms with Crippen LogP contribution < -0.4 is 5.73 Å². The van der Waals surface area contributed by atoms with Crippen LogP contribution in [0.15, 0.2) is 35.6 Å². The highest BCUT2D eigenvalue weighted by Gasteiger charge is 2.33. The molecule has 0 saturated carbocycles. The number of halogens is 5. The number of anilines is 1. The van der Waals surface area contributed by atoms with E-state index in [4.69, 9.17) is 13.6 Å². The number of nitrogens with zero attached hydrogens (tertiary/aromatic N) is 5. The number of aromatic nitrogens is 3. The van der Waals surface area contributed by atoms with Crippen LogP contribution in [0.3, 0.4) is 0 Å². The van der Waals surface area contributed by atoms with Gasteiger partial charge in [-0.25, -0.2) is 31.5 Å². The number of thiol groups is 2. The Hall–Kier alpha value is -2.74. The van der Waals surface area contributed by atoms with Crippen LogP contribution in [0.2, 0.25) is 0 Å². The molecule has 1 aromatic carbocycles. The van der Waals surface area contributed by atoms with Gasteiger partial charge in [0.05, 0.1) is 24.0 Å². The van der Waals surface area contributed by atoms with E-state index < -0.39 is 27.7 Å². The predicted octanol–water partition coefficient (Wildman–Crippen LogP) is 9.57. The van der Waals surface area contributed by atoms with Crippen LogP contribution in [0.25, 0.3) is 16.6 Å². The molecule has 2 aromatic heterocycles. The highest BCUT2D eigenvalue weighted by atomic mass is 32.2. The van der Waals surface area contributed by atoms with Crippen molar-refractivity contribution in [2.45, 2.75) is 104 Å². The Morgan fingerprint density at radius 1 is 1.21 bits per heavy atom. The predicted molar refractivity (Wildman–Crippen MR) is 198 cm³/mol. The fourth-order valence-electron chi connectivity index (χ4n) is 4.86. The molecule has 48 heavy (non-hydrogen) atoms. The first-order valence-electron chi connectivity index (χ1n) is 15.9. The Bertz CT molecular complexity index is 1510. The molecule has 14 heteroatoms. The summed E-state index contributed by atoms with van der Waals surface area (Å²) in [4.78, 5) is 10.3. The number of nitrogens with two attached hydrogens (primary N) is 1. The van der Waals surface area contributed by atoms with Crippen LogP contribution in [-0.2, 0) is 6.42 Å². The lowest BCUT2D eigenvalue weighted by molar-refractivity contribution is 0.0686. The molecular formula is C34H50BF5N6S2. The van der Waals surface area contributed by atoms with Gasteiger partial charge in [0.1, 0.15) is 25.0 Å². The zero-order valence-corrected chi connectivity index (χ0v) is 31.3. The van der Waals surface area contributed by atoms with E-state index in [0.717, 1.165) is 24.9 Å². The maximum absolute atomic E-state index is 14.8. The second-order valence-corrected chi connectivity index (χ2v) is 14.5. The molecular weight excluding hydrogens is 662 g/mol. The molecule has 1 unspecified atom stereocenters. The Labute approximate surface area is 295 Å². The van der Waals surface area contributed by atoms with Crippen molar-refractivity contribution < 1.29 is 22.0 Å². The fourth-order valence-corrected chi connectivity index (χ4v) is 5.16. The molecule has 2 radical (unpaired) electrons. The summed E-state index contributed by atoms with van der Waals surface area (Å²) in [6.07, 6.45) is 2.20. The largest absolute Gasteiger partial charge is 0.372 e. The minimum absolute atomic E-state index is 0.0278. The molecule has 2 N–H and O–H groups in total. The molecule has 0 aliphatic carbocycles. The summed E-state index contributed by atoms with van der Waals surface area (Å²) in [5.41, 5.74) is 7.70. The van der Waals surface area contributed by atoms with Crippen molar-refractivity contribution in [1.29, 1.82) is 0 Å². The topological polar surface area (TPSA) is 71.8 Å². The molecule has 3 heterocycles. The highest BCUT2D eigenvalue weighted by molar-refractivity contribution is 8.02. The molecule has 266 valence electrons. The molecule has 6 nitrogen and oxygen atoms in total. The van der Waals surface area contributed by atoms with Gasteiger partial charge < -0.3 is 10.6 Å². The maximum atomic E-state index is 14.8. The summed E-state index contributed by atoms with van der Waals surface area (Å²) >= 11 is 8.37. The SMILES string of the molecule is C=C(N1CCCC(C)(F)C1)C(C)(C)C.CC.CCC(F)F.[B]C(S)(S)Cc1nc(N)nn2cc(F)c(-c3cc(C)c(N=CC)c(F)c3)c12. The van der Waals surface area contributed by atoms with E-state index in [0.29, 0.717) is 35.3 Å². The van der Waals surface area contributed by atoms with Crippen molar-refractivity contribution >= 4 is 56.5 Å². The first-order valence-corrected chi connectivity index (χ1v) is 16.8. The van der Waals surface area contributed by atoms with Crippen molar-refractivity contribution in [2.24, 2.45) is 10.4 Å². The standard InChI is InChI=1S/C17H16BF2N5S2.C12H22FN.C3H6F2.C2H6/c1-3-22-14-8(2)4-9(5-10(14)19)13-11(20)7-25-15(13)12(6-17(18,26)27)23-16(21)24-25;1-10(11(2,3)4)14-8-6-7-12(5,13)9-14;1-2-3(4)5;1-2/h3-5,7,26-27H,6H2,1-2H3,(H2,21,24);1,6-9H2,2-5H3;3H,2H2,1H3;1-2H3. The van der Waals surface area contributed by atoms with Crippen LogP contribution in [0, 0.1) is 24.0 Å². The van der Waals surface area contributed by atoms with E-state index in [-0.39, 0.29) is 35.5 Å². The van der Waals surface area contributed by atoms with Gasteiger partial charge in [0.25, 0.3) is 0 Å². The third-order valence-corrected chi connectivity index (χ3v) is 7.42. The number of rotatable bonds is 6. The number of aryl methyl sites for hydroxylation is 1. The lowest BCUT2D eigenvalue weighted by Crippen LogP contribution is -2.44. The number of piperidine rings is 1. The summed E-state index contributed by atoms with van der Waals surface area (Å²) < 4.78 is 64.7. The van der Waals surface area contributed by atoms with Gasteiger partial charge in [0.15, 0.2) is 5.82 Å². The first kappa shape index (κ1) is 43.3. The number of likely N-dealkylation sites (tertiary alicyclic amines) is 1. The van der Waals surface area contributed by atoms with Crippen LogP contribution in [0.4, 0.5) is 33.6 Å². The van der Waals surface area contributed by atoms with Gasteiger partial charge in [-0.05, 0) is 56.9 Å². The Morgan fingerprint density at radius 3 is 2.25 bits per heavy atom. The van der Waals surface area contributed by atoms with Crippen LogP contribution >= 0.6 is 25.3 Å². The van der Waals surface area contributed by atoms with Gasteiger partial charge in [-0.2, -0.15) is 25.3 Å². The molecule has 0 amide bonds. The normalized spacial score (nSPS) is 16.6. The lowest BCUT2D eigenvalue weighted by atomic mass is 9.88. The average Bonchev–Trinajstić information content (AvgIpc) is 3.30. The minimum Gasteiger partial charge on any atom is -0.372 e. The van der Waals surface area contributed by atoms with E-state index in [2.05, 4.69) is 72.6 Å². The van der Waals surface area contributed by atoms with Gasteiger partial charge in [-0.1, -0.05) is 48.1 Å². The number of alkyl halides is 3. The van der Waals surface area contributed by atoms with Gasteiger partial charge in [0, 0.05) is 46.3 Å². The van der Waals surface area contributed by atoms with E-state index in [1.54, 1.807) is 26.8 Å². The fraction of sp³-hybridized carbons (Fsp3) is 0.559. The second-order valence-electron chi connectivity index (χ2n) is 12.6. The molecule has 4 rings (SSSR count). The third kappa shape index (κ3) is 12.9. The molecule has 1 atom stereocenters. The first-order chi connectivity index (χ1) is 22.1. The number of hydrogen-bond acceptors (Lipinski definition) is 7. The van der Waals surface area contributed by atoms with E-state index in [9.17, 15) is 22.0 Å². The van der Waals surface area contributed by atoms with Crippen LogP contribution in [0.5, 0.6) is 0 Å². The van der Waals surface area contributed by atoms with Gasteiger partial charge >= 0.3 is 0 Å². The van der Waals surface area contributed by atoms with Crippen molar-refractivity contribution in [3.63, 3.8) is 0 Å². The summed E-state index contributed by atoms with van der Waals surface area (Å²) in [6, 6.07) is 2.88. The third-order valence-electron chi connectivity index (χ3n) is 7.10. The number of fused-ring (bicyclic) bond motifs is 1. The number of benzene rings is 1. The summed E-state index contributed by atoms with van der Waals surface area (Å²) in [5.74, 6) is -1.21. The van der Waals surface area contributed by atoms with E-state index >= 15 is 0 Å². The van der Waals surface area contributed by atoms with Crippen molar-refractivity contribution in [1.82, 2.24) is 19.5 Å². The monoisotopic (exact) mass is 712 g/mol. The van der Waals surface area contributed by atoms with Crippen LogP contribution in [0.1, 0.15) is 85.9 Å². The second kappa shape index (κ2) is 18.3. The molecule has 0 spiro atoms. The Balaban J connectivity index is 0.000000458. The Kier molecular flexibility index (Phi) is 16.5. The number of aliphatic imine (C=N–C) groups is 1. The zero-order chi connectivity index (χ0) is 37.2. The number of hydrogen-bond donors (Lipinski definition) is 3. The van der Waals surface area contributed by atoms with Crippen molar-refractivity contribution in [2.75, 3.05) is 18.8 Å². The summed E-state index contributed by atoms with van der Waals surface area (Å²) in [6.45, 7) is 22.4. The smallest absolute Gasteiger partial charge is 0.238 e. The van der Waals surface area contributed by atoms with Crippen LogP contribution in [-0.4, -0.2) is 62.7 Å². The minimum atomic E-state index is -2.12. The quantitative estimate of drug-likeness (QED) is 0.0783. The molecule has 1 aliphatic heterocycles. The molecule has 1 saturated heterocycles. The number of allylic oxidation sites excluding steroid dienone is 1. The molecule has 1 fully saturated rings. The molecule has 3 aromatic rings. The lowest BCUT2D eigenvalue weighted by Gasteiger charge is -2.41. The van der Waals surface area contributed by atoms with Gasteiger partial charge in [-0.3, -0.25) is 4.99 Å². The Morgan fingerprint density at radius 2 is 1.79 bits per heavy atom. The van der Waals surface area contributed by atoms with Gasteiger partial charge in [-0.15, -0.1) is 5.10 Å². The van der Waals surface area contributed by atoms with E-state index in [1.165, 1.54) is 23.7 Å². The highest BCUT2D eigenvalue weighted by Crippen LogP contribution is 2.37. The maximum Gasteiger partial charge on any atom is 0.238 e. The zero-order valence-electron chi connectivity index (χ0n) is 29.5. The average molecular weight is 713 g/mol. The summed E-state index contributed by atoms with van der Waals surface area (Å²) in [7, 11) is 5.85. The van der Waals surface area contributed by atoms with Crippen molar-refractivity contribution in [3.05, 3.63) is 53.5 Å². The van der Waals surface area contributed by atoms with Crippen molar-refractivity contribution in [3.8, 4) is 11.1 Å².